The van der Waals surface area contributed by atoms with E-state index in [0.717, 1.165) is 0 Å². The summed E-state index contributed by atoms with van der Waals surface area (Å²) in [4.78, 5) is 0. The maximum absolute atomic E-state index is 8.63. The predicted molar refractivity (Wildman–Crippen MR) is 141 cm³/mol. The third kappa shape index (κ3) is 19.4. The third-order valence-electron chi connectivity index (χ3n) is 3.78. The summed E-state index contributed by atoms with van der Waals surface area (Å²) >= 11 is 0. The molecule has 0 radical (unpaired) electrons. The Morgan fingerprint density at radius 3 is 0.389 bits per heavy atom. The van der Waals surface area contributed by atoms with E-state index < -0.39 is 0 Å². The molecule has 6 heteroatoms. The molecule has 0 aromatic heterocycles. The van der Waals surface area contributed by atoms with E-state index in [2.05, 4.69) is 0 Å². The monoisotopic (exact) mass is 650 g/mol. The summed E-state index contributed by atoms with van der Waals surface area (Å²) in [5.74, 6) is 1.61. The van der Waals surface area contributed by atoms with E-state index in [1.54, 1.807) is 121 Å². The Kier molecular flexibility index (Phi) is 19.1. The molecule has 5 nitrogen and oxygen atoms in total. The van der Waals surface area contributed by atoms with Crippen LogP contribution in [0.5, 0.6) is 28.7 Å². The second-order valence-corrected chi connectivity index (χ2v) is 6.68. The first kappa shape index (κ1) is 32.0. The van der Waals surface area contributed by atoms with Gasteiger partial charge in [-0.05, 0) is 60.7 Å². The smallest absolute Gasteiger partial charge is 0.115 e. The van der Waals surface area contributed by atoms with Crippen LogP contribution in [0.4, 0.5) is 0 Å². The molecule has 0 aliphatic rings. The molecular weight excluding hydrogens is 619 g/mol. The van der Waals surface area contributed by atoms with Crippen LogP contribution in [0.25, 0.3) is 0 Å². The summed E-state index contributed by atoms with van der Waals surface area (Å²) in [6.45, 7) is 0. The van der Waals surface area contributed by atoms with E-state index in [1.165, 1.54) is 0 Å². The van der Waals surface area contributed by atoms with Crippen molar-refractivity contribution in [2.45, 2.75) is 0 Å². The first-order chi connectivity index (χ1) is 17.0. The summed E-state index contributed by atoms with van der Waals surface area (Å²) in [5, 5.41) is 43.2. The summed E-state index contributed by atoms with van der Waals surface area (Å²) in [5.41, 5.74) is 0. The Labute approximate surface area is 231 Å². The molecule has 0 unspecified atom stereocenters. The second kappa shape index (κ2) is 21.5. The van der Waals surface area contributed by atoms with Crippen molar-refractivity contribution in [3.05, 3.63) is 152 Å². The van der Waals surface area contributed by atoms with Gasteiger partial charge in [0.2, 0.25) is 0 Å². The molecule has 0 aliphatic heterocycles. The number of phenols is 5. The van der Waals surface area contributed by atoms with E-state index in [4.69, 9.17) is 25.5 Å². The average molecular weight is 649 g/mol. The minimum atomic E-state index is 0. The normalized spacial score (nSPS) is 8.33. The van der Waals surface area contributed by atoms with Crippen LogP contribution in [0.3, 0.4) is 0 Å². The van der Waals surface area contributed by atoms with Gasteiger partial charge in [-0.25, -0.2) is 0 Å². The van der Waals surface area contributed by atoms with Gasteiger partial charge in [-0.2, -0.15) is 0 Å². The van der Waals surface area contributed by atoms with Gasteiger partial charge >= 0.3 is 0 Å². The topological polar surface area (TPSA) is 101 Å². The van der Waals surface area contributed by atoms with Gasteiger partial charge < -0.3 is 25.5 Å². The Morgan fingerprint density at radius 2 is 0.333 bits per heavy atom. The van der Waals surface area contributed by atoms with Crippen molar-refractivity contribution in [1.29, 1.82) is 0 Å². The van der Waals surface area contributed by atoms with Gasteiger partial charge in [-0.15, -0.1) is 0 Å². The van der Waals surface area contributed by atoms with Crippen molar-refractivity contribution in [3.63, 3.8) is 0 Å². The van der Waals surface area contributed by atoms with Crippen LogP contribution in [0.2, 0.25) is 0 Å². The molecule has 0 atom stereocenters. The summed E-state index contributed by atoms with van der Waals surface area (Å²) in [6, 6.07) is 43.6. The Balaban J connectivity index is 0.000000422. The van der Waals surface area contributed by atoms with Crippen molar-refractivity contribution in [3.8, 4) is 28.7 Å². The molecule has 0 bridgehead atoms. The predicted octanol–water partition coefficient (Wildman–Crippen LogP) is 6.96. The molecule has 5 N–H and O–H groups in total. The molecule has 0 heterocycles. The van der Waals surface area contributed by atoms with E-state index in [0.29, 0.717) is 28.7 Å². The number of hydrogen-bond donors (Lipinski definition) is 5. The van der Waals surface area contributed by atoms with E-state index >= 15 is 0 Å². The molecule has 0 saturated carbocycles. The standard InChI is InChI=1S/5C6H6O.Hf/c5*7-6-4-2-1-3-5-6;/h5*1-5,7H;. The number of phenolic OH excluding ortho intramolecular Hbond substituents is 5. The van der Waals surface area contributed by atoms with Crippen LogP contribution in [0, 0.1) is 0 Å². The van der Waals surface area contributed by atoms with Crippen molar-refractivity contribution in [2.75, 3.05) is 0 Å². The van der Waals surface area contributed by atoms with Crippen LogP contribution in [0.1, 0.15) is 0 Å². The minimum absolute atomic E-state index is 0. The molecule has 0 saturated heterocycles. The first-order valence-corrected chi connectivity index (χ1v) is 10.7. The van der Waals surface area contributed by atoms with E-state index in [9.17, 15) is 0 Å². The van der Waals surface area contributed by atoms with Gasteiger partial charge in [-0.1, -0.05) is 91.0 Å². The number of hydrogen-bond acceptors (Lipinski definition) is 5. The average Bonchev–Trinajstić information content (AvgIpc) is 2.88. The Hall–Kier alpha value is -4.03. The molecule has 0 fully saturated rings. The van der Waals surface area contributed by atoms with E-state index in [1.807, 2.05) is 30.3 Å². The Morgan fingerprint density at radius 1 is 0.222 bits per heavy atom. The fourth-order valence-electron chi connectivity index (χ4n) is 2.14. The molecule has 5 aromatic rings. The van der Waals surface area contributed by atoms with Gasteiger partial charge in [-0.3, -0.25) is 0 Å². The number of aromatic hydroxyl groups is 5. The quantitative estimate of drug-likeness (QED) is 0.117. The van der Waals surface area contributed by atoms with Gasteiger partial charge in [0.25, 0.3) is 0 Å². The molecule has 0 amide bonds. The largest absolute Gasteiger partial charge is 0.508 e. The maximum atomic E-state index is 8.63. The molecule has 5 rings (SSSR count). The van der Waals surface area contributed by atoms with Crippen LogP contribution in [-0.4, -0.2) is 25.5 Å². The summed E-state index contributed by atoms with van der Waals surface area (Å²) in [6.07, 6.45) is 0. The summed E-state index contributed by atoms with van der Waals surface area (Å²) in [7, 11) is 0. The first-order valence-electron chi connectivity index (χ1n) is 10.7. The number of para-hydroxylation sites is 5. The van der Waals surface area contributed by atoms with Gasteiger partial charge in [0.15, 0.2) is 0 Å². The van der Waals surface area contributed by atoms with Gasteiger partial charge in [0.1, 0.15) is 28.7 Å². The summed E-state index contributed by atoms with van der Waals surface area (Å²) < 4.78 is 0. The minimum Gasteiger partial charge on any atom is -0.508 e. The zero-order valence-corrected chi connectivity index (χ0v) is 23.3. The van der Waals surface area contributed by atoms with Crippen molar-refractivity contribution >= 4 is 0 Å². The number of benzene rings is 5. The van der Waals surface area contributed by atoms with Crippen molar-refractivity contribution in [1.82, 2.24) is 0 Å². The molecule has 36 heavy (non-hydrogen) atoms. The van der Waals surface area contributed by atoms with Crippen molar-refractivity contribution < 1.29 is 51.4 Å². The second-order valence-electron chi connectivity index (χ2n) is 6.68. The third-order valence-corrected chi connectivity index (χ3v) is 3.78. The fraction of sp³-hybridized carbons (Fsp3) is 0. The van der Waals surface area contributed by atoms with Crippen molar-refractivity contribution in [2.24, 2.45) is 0 Å². The molecular formula is C30H30HfO5. The Bertz CT molecular complexity index is 895. The van der Waals surface area contributed by atoms with Crippen LogP contribution >= 0.6 is 0 Å². The molecule has 5 aromatic carbocycles. The maximum Gasteiger partial charge on any atom is 0.115 e. The van der Waals surface area contributed by atoms with Crippen LogP contribution in [0.15, 0.2) is 152 Å². The van der Waals surface area contributed by atoms with Crippen LogP contribution < -0.4 is 0 Å². The van der Waals surface area contributed by atoms with Gasteiger partial charge in [0, 0.05) is 25.8 Å². The zero-order chi connectivity index (χ0) is 25.6. The van der Waals surface area contributed by atoms with Gasteiger partial charge in [0.05, 0.1) is 0 Å². The molecule has 184 valence electrons. The SMILES string of the molecule is Oc1ccccc1.Oc1ccccc1.Oc1ccccc1.Oc1ccccc1.Oc1ccccc1.[Hf]. The van der Waals surface area contributed by atoms with E-state index in [-0.39, 0.29) is 25.8 Å². The van der Waals surface area contributed by atoms with Crippen LogP contribution in [-0.2, 0) is 25.8 Å². The zero-order valence-electron chi connectivity index (χ0n) is 19.7. The molecule has 0 spiro atoms. The number of rotatable bonds is 0. The molecule has 0 aliphatic carbocycles. The fourth-order valence-corrected chi connectivity index (χ4v) is 2.14.